The molecule has 0 amide bonds. The van der Waals surface area contributed by atoms with Crippen LogP contribution < -0.4 is 21.7 Å². The fourth-order valence-corrected chi connectivity index (χ4v) is 2.72. The van der Waals surface area contributed by atoms with Crippen LogP contribution in [0.4, 0.5) is 17.5 Å². The molecule has 0 aliphatic rings. The second kappa shape index (κ2) is 8.79. The first-order valence-electron chi connectivity index (χ1n) is 8.61. The van der Waals surface area contributed by atoms with E-state index in [1.807, 2.05) is 28.8 Å². The minimum absolute atomic E-state index is 0.548. The fourth-order valence-electron chi connectivity index (χ4n) is 2.53. The molecule has 0 saturated carbocycles. The third-order valence-corrected chi connectivity index (χ3v) is 4.03. The highest BCUT2D eigenvalue weighted by Gasteiger charge is 2.13. The normalized spacial score (nSPS) is 11.0. The van der Waals surface area contributed by atoms with E-state index < -0.39 is 0 Å². The number of nitrogens with two attached hydrogens (primary N) is 1. The number of nitrogens with one attached hydrogen (secondary N) is 3. The third kappa shape index (κ3) is 4.40. The molecule has 3 aromatic rings. The van der Waals surface area contributed by atoms with Crippen molar-refractivity contribution in [1.29, 1.82) is 0 Å². The molecule has 2 aromatic heterocycles. The van der Waals surface area contributed by atoms with Gasteiger partial charge in [0.25, 0.3) is 0 Å². The molecule has 0 saturated heterocycles. The number of nitrogens with zero attached hydrogens (tertiary/aromatic N) is 4. The summed E-state index contributed by atoms with van der Waals surface area (Å²) in [5, 5.41) is 10.4. The highest BCUT2D eigenvalue weighted by molar-refractivity contribution is 6.30. The molecule has 0 aliphatic heterocycles. The first kappa shape index (κ1) is 18.4. The summed E-state index contributed by atoms with van der Waals surface area (Å²) in [6, 6.07) is 7.49. The molecule has 1 aromatic carbocycles. The Morgan fingerprint density at radius 2 is 2.08 bits per heavy atom. The Labute approximate surface area is 157 Å². The molecule has 138 valence electrons. The highest BCUT2D eigenvalue weighted by atomic mass is 35.5. The summed E-state index contributed by atoms with van der Waals surface area (Å²) < 4.78 is 1.98. The van der Waals surface area contributed by atoms with Crippen molar-refractivity contribution in [2.75, 3.05) is 36.8 Å². The maximum atomic E-state index is 6.08. The number of anilines is 3. The van der Waals surface area contributed by atoms with Gasteiger partial charge in [-0.1, -0.05) is 17.7 Å². The second-order valence-electron chi connectivity index (χ2n) is 5.70. The van der Waals surface area contributed by atoms with Crippen LogP contribution in [-0.4, -0.2) is 45.7 Å². The van der Waals surface area contributed by atoms with E-state index in [4.69, 9.17) is 17.3 Å². The van der Waals surface area contributed by atoms with Gasteiger partial charge in [0.15, 0.2) is 17.0 Å². The van der Waals surface area contributed by atoms with Gasteiger partial charge in [-0.25, -0.2) is 4.98 Å². The van der Waals surface area contributed by atoms with Crippen molar-refractivity contribution in [2.45, 2.75) is 13.5 Å². The van der Waals surface area contributed by atoms with Crippen LogP contribution in [0.5, 0.6) is 0 Å². The van der Waals surface area contributed by atoms with E-state index in [0.29, 0.717) is 29.9 Å². The summed E-state index contributed by atoms with van der Waals surface area (Å²) >= 11 is 6.08. The van der Waals surface area contributed by atoms with Crippen molar-refractivity contribution in [3.8, 4) is 0 Å². The lowest BCUT2D eigenvalue weighted by Crippen LogP contribution is -2.27. The van der Waals surface area contributed by atoms with Gasteiger partial charge in [0.2, 0.25) is 5.95 Å². The van der Waals surface area contributed by atoms with Gasteiger partial charge in [-0.05, 0) is 25.1 Å². The molecular weight excluding hydrogens is 352 g/mol. The van der Waals surface area contributed by atoms with Gasteiger partial charge in [-0.3, -0.25) is 0 Å². The van der Waals surface area contributed by atoms with Crippen molar-refractivity contribution in [2.24, 2.45) is 5.73 Å². The number of imidazole rings is 1. The number of halogens is 1. The van der Waals surface area contributed by atoms with E-state index in [2.05, 4.69) is 37.8 Å². The van der Waals surface area contributed by atoms with Gasteiger partial charge in [0.1, 0.15) is 0 Å². The molecule has 0 unspecified atom stereocenters. The molecule has 0 spiro atoms. The van der Waals surface area contributed by atoms with Gasteiger partial charge in [0.05, 0.1) is 6.33 Å². The monoisotopic (exact) mass is 374 g/mol. The zero-order valence-electron chi connectivity index (χ0n) is 14.7. The Hall–Kier alpha value is -2.42. The van der Waals surface area contributed by atoms with E-state index in [9.17, 15) is 0 Å². The van der Waals surface area contributed by atoms with Crippen molar-refractivity contribution < 1.29 is 0 Å². The first-order chi connectivity index (χ1) is 12.7. The summed E-state index contributed by atoms with van der Waals surface area (Å²) in [6.45, 7) is 5.71. The average Bonchev–Trinajstić information content (AvgIpc) is 3.05. The SMILES string of the molecule is CCn1cnc2c(Nc3cccc(Cl)c3)nc(NCCNCCN)nc21. The summed E-state index contributed by atoms with van der Waals surface area (Å²) in [7, 11) is 0. The lowest BCUT2D eigenvalue weighted by Gasteiger charge is -2.11. The minimum Gasteiger partial charge on any atom is -0.353 e. The molecule has 0 aliphatic carbocycles. The molecule has 0 fully saturated rings. The molecule has 5 N–H and O–H groups in total. The van der Waals surface area contributed by atoms with Crippen molar-refractivity contribution in [1.82, 2.24) is 24.8 Å². The molecule has 3 rings (SSSR count). The van der Waals surface area contributed by atoms with Gasteiger partial charge in [-0.15, -0.1) is 0 Å². The summed E-state index contributed by atoms with van der Waals surface area (Å²) in [5.74, 6) is 1.19. The van der Waals surface area contributed by atoms with E-state index in [1.165, 1.54) is 0 Å². The lowest BCUT2D eigenvalue weighted by atomic mass is 10.3. The summed E-state index contributed by atoms with van der Waals surface area (Å²) in [5.41, 5.74) is 7.82. The molecule has 0 atom stereocenters. The minimum atomic E-state index is 0.548. The van der Waals surface area contributed by atoms with Crippen LogP contribution in [0.15, 0.2) is 30.6 Å². The number of hydrogen-bond acceptors (Lipinski definition) is 7. The number of aromatic nitrogens is 4. The Morgan fingerprint density at radius 3 is 2.85 bits per heavy atom. The van der Waals surface area contributed by atoms with Crippen molar-refractivity contribution in [3.63, 3.8) is 0 Å². The van der Waals surface area contributed by atoms with Crippen molar-refractivity contribution in [3.05, 3.63) is 35.6 Å². The number of hydrogen-bond donors (Lipinski definition) is 4. The number of fused-ring (bicyclic) bond motifs is 1. The quantitative estimate of drug-likeness (QED) is 0.425. The van der Waals surface area contributed by atoms with Crippen LogP contribution in [0.1, 0.15) is 6.92 Å². The van der Waals surface area contributed by atoms with E-state index in [-0.39, 0.29) is 0 Å². The van der Waals surface area contributed by atoms with Gasteiger partial charge in [-0.2, -0.15) is 9.97 Å². The number of benzene rings is 1. The topological polar surface area (TPSA) is 106 Å². The maximum absolute atomic E-state index is 6.08. The molecule has 0 radical (unpaired) electrons. The van der Waals surface area contributed by atoms with Crippen LogP contribution in [0, 0.1) is 0 Å². The van der Waals surface area contributed by atoms with E-state index >= 15 is 0 Å². The summed E-state index contributed by atoms with van der Waals surface area (Å²) in [4.78, 5) is 13.6. The first-order valence-corrected chi connectivity index (χ1v) is 8.99. The Morgan fingerprint density at radius 1 is 1.19 bits per heavy atom. The smallest absolute Gasteiger partial charge is 0.226 e. The molecule has 8 nitrogen and oxygen atoms in total. The van der Waals surface area contributed by atoms with Gasteiger partial charge in [0, 0.05) is 43.4 Å². The Kier molecular flexibility index (Phi) is 6.21. The third-order valence-electron chi connectivity index (χ3n) is 3.80. The Bertz CT molecular complexity index is 863. The molecular formula is C17H23ClN8. The van der Waals surface area contributed by atoms with Crippen LogP contribution >= 0.6 is 11.6 Å². The van der Waals surface area contributed by atoms with Gasteiger partial charge < -0.3 is 26.3 Å². The largest absolute Gasteiger partial charge is 0.353 e. The maximum Gasteiger partial charge on any atom is 0.226 e. The highest BCUT2D eigenvalue weighted by Crippen LogP contribution is 2.25. The zero-order valence-corrected chi connectivity index (χ0v) is 15.4. The van der Waals surface area contributed by atoms with Gasteiger partial charge >= 0.3 is 0 Å². The van der Waals surface area contributed by atoms with Crippen LogP contribution in [-0.2, 0) is 6.54 Å². The van der Waals surface area contributed by atoms with Crippen LogP contribution in [0.25, 0.3) is 11.2 Å². The zero-order chi connectivity index (χ0) is 18.4. The molecule has 26 heavy (non-hydrogen) atoms. The molecule has 9 heteroatoms. The number of rotatable bonds is 9. The Balaban J connectivity index is 1.86. The predicted molar refractivity (Wildman–Crippen MR) is 106 cm³/mol. The molecule has 0 bridgehead atoms. The standard InChI is InChI=1S/C17H23ClN8/c1-2-26-11-22-14-15(23-13-5-3-4-12(18)10-13)24-17(25-16(14)26)21-9-8-20-7-6-19/h3-5,10-11,20H,2,6-9,19H2,1H3,(H2,21,23,24,25). The van der Waals surface area contributed by atoms with E-state index in [1.54, 1.807) is 6.33 Å². The van der Waals surface area contributed by atoms with Crippen molar-refractivity contribution >= 4 is 40.2 Å². The second-order valence-corrected chi connectivity index (χ2v) is 6.14. The average molecular weight is 375 g/mol. The van der Waals surface area contributed by atoms with Crippen LogP contribution in [0.3, 0.4) is 0 Å². The van der Waals surface area contributed by atoms with Crippen LogP contribution in [0.2, 0.25) is 5.02 Å². The summed E-state index contributed by atoms with van der Waals surface area (Å²) in [6.07, 6.45) is 1.77. The molecule has 2 heterocycles. The fraction of sp³-hybridized carbons (Fsp3) is 0.353. The number of aryl methyl sites for hydroxylation is 1. The predicted octanol–water partition coefficient (Wildman–Crippen LogP) is 2.20. The van der Waals surface area contributed by atoms with E-state index in [0.717, 1.165) is 36.5 Å². The lowest BCUT2D eigenvalue weighted by molar-refractivity contribution is 0.705.